The number of hydrogen-bond acceptors (Lipinski definition) is 5. The monoisotopic (exact) mass is 199 g/mol. The SMILES string of the molecule is Cn1nnnc1SCC1CCCN1. The zero-order valence-corrected chi connectivity index (χ0v) is 8.42. The van der Waals surface area contributed by atoms with Gasteiger partial charge in [-0.05, 0) is 29.8 Å². The molecule has 0 aliphatic carbocycles. The predicted molar refractivity (Wildman–Crippen MR) is 50.5 cm³/mol. The number of rotatable bonds is 3. The molecule has 1 aromatic heterocycles. The molecule has 1 aliphatic rings. The fourth-order valence-electron chi connectivity index (χ4n) is 1.42. The smallest absolute Gasteiger partial charge is 0.209 e. The molecule has 2 heterocycles. The minimum atomic E-state index is 0.640. The zero-order chi connectivity index (χ0) is 9.10. The largest absolute Gasteiger partial charge is 0.313 e. The molecule has 1 atom stereocenters. The fourth-order valence-corrected chi connectivity index (χ4v) is 2.37. The van der Waals surface area contributed by atoms with Gasteiger partial charge in [0.05, 0.1) is 0 Å². The minimum absolute atomic E-state index is 0.640. The Balaban J connectivity index is 1.82. The number of hydrogen-bond donors (Lipinski definition) is 1. The van der Waals surface area contributed by atoms with Crippen LogP contribution in [0, 0.1) is 0 Å². The number of nitrogens with one attached hydrogen (secondary N) is 1. The van der Waals surface area contributed by atoms with Crippen LogP contribution < -0.4 is 5.32 Å². The molecule has 1 aliphatic heterocycles. The van der Waals surface area contributed by atoms with E-state index in [-0.39, 0.29) is 0 Å². The molecular weight excluding hydrogens is 186 g/mol. The van der Waals surface area contributed by atoms with Crippen LogP contribution in [-0.2, 0) is 7.05 Å². The second-order valence-electron chi connectivity index (χ2n) is 3.19. The molecule has 1 aromatic rings. The van der Waals surface area contributed by atoms with E-state index in [1.54, 1.807) is 16.4 Å². The van der Waals surface area contributed by atoms with Gasteiger partial charge in [-0.2, -0.15) is 0 Å². The highest BCUT2D eigenvalue weighted by atomic mass is 32.2. The predicted octanol–water partition coefficient (Wildman–Crippen LogP) is 0.0542. The Morgan fingerprint density at radius 3 is 3.23 bits per heavy atom. The van der Waals surface area contributed by atoms with Gasteiger partial charge in [-0.25, -0.2) is 4.68 Å². The van der Waals surface area contributed by atoms with Crippen LogP contribution in [0.2, 0.25) is 0 Å². The third-order valence-electron chi connectivity index (χ3n) is 2.16. The van der Waals surface area contributed by atoms with E-state index in [4.69, 9.17) is 0 Å². The van der Waals surface area contributed by atoms with Crippen LogP contribution >= 0.6 is 11.8 Å². The molecule has 0 bridgehead atoms. The molecule has 6 heteroatoms. The Morgan fingerprint density at radius 2 is 2.62 bits per heavy atom. The van der Waals surface area contributed by atoms with E-state index in [0.29, 0.717) is 6.04 Å². The van der Waals surface area contributed by atoms with E-state index in [1.165, 1.54) is 12.8 Å². The summed E-state index contributed by atoms with van der Waals surface area (Å²) in [6.45, 7) is 1.16. The van der Waals surface area contributed by atoms with E-state index >= 15 is 0 Å². The average Bonchev–Trinajstić information content (AvgIpc) is 2.72. The van der Waals surface area contributed by atoms with Gasteiger partial charge in [-0.1, -0.05) is 11.8 Å². The zero-order valence-electron chi connectivity index (χ0n) is 7.60. The Labute approximate surface area is 81.3 Å². The third-order valence-corrected chi connectivity index (χ3v) is 3.33. The molecule has 2 rings (SSSR count). The van der Waals surface area contributed by atoms with Gasteiger partial charge in [0, 0.05) is 18.8 Å². The van der Waals surface area contributed by atoms with Crippen molar-refractivity contribution < 1.29 is 0 Å². The number of thioether (sulfide) groups is 1. The van der Waals surface area contributed by atoms with E-state index in [0.717, 1.165) is 17.5 Å². The minimum Gasteiger partial charge on any atom is -0.313 e. The maximum Gasteiger partial charge on any atom is 0.209 e. The maximum atomic E-state index is 3.91. The van der Waals surface area contributed by atoms with E-state index in [9.17, 15) is 0 Å². The van der Waals surface area contributed by atoms with Gasteiger partial charge in [0.1, 0.15) is 0 Å². The van der Waals surface area contributed by atoms with Crippen molar-refractivity contribution in [3.63, 3.8) is 0 Å². The lowest BCUT2D eigenvalue weighted by Gasteiger charge is -2.07. The first-order valence-electron chi connectivity index (χ1n) is 4.45. The van der Waals surface area contributed by atoms with Crippen LogP contribution in [-0.4, -0.2) is 38.5 Å². The summed E-state index contributed by atoms with van der Waals surface area (Å²) in [5.74, 6) is 1.06. The molecule has 0 spiro atoms. The summed E-state index contributed by atoms with van der Waals surface area (Å²) >= 11 is 1.72. The number of nitrogens with zero attached hydrogens (tertiary/aromatic N) is 4. The Hall–Kier alpha value is -0.620. The molecule has 0 radical (unpaired) electrons. The fraction of sp³-hybridized carbons (Fsp3) is 0.857. The van der Waals surface area contributed by atoms with Gasteiger partial charge < -0.3 is 5.32 Å². The van der Waals surface area contributed by atoms with E-state index < -0.39 is 0 Å². The van der Waals surface area contributed by atoms with Crippen molar-refractivity contribution >= 4 is 11.8 Å². The molecule has 1 saturated heterocycles. The molecule has 1 fully saturated rings. The first-order valence-corrected chi connectivity index (χ1v) is 5.43. The second-order valence-corrected chi connectivity index (χ2v) is 4.18. The Bertz CT molecular complexity index is 268. The van der Waals surface area contributed by atoms with Crippen LogP contribution in [0.3, 0.4) is 0 Å². The summed E-state index contributed by atoms with van der Waals surface area (Å²) in [4.78, 5) is 0. The number of tetrazole rings is 1. The molecule has 13 heavy (non-hydrogen) atoms. The summed E-state index contributed by atoms with van der Waals surface area (Å²) < 4.78 is 1.71. The van der Waals surface area contributed by atoms with Gasteiger partial charge in [-0.3, -0.25) is 0 Å². The van der Waals surface area contributed by atoms with Gasteiger partial charge >= 0.3 is 0 Å². The summed E-state index contributed by atoms with van der Waals surface area (Å²) in [6.07, 6.45) is 2.57. The van der Waals surface area contributed by atoms with Crippen molar-refractivity contribution in [2.45, 2.75) is 24.0 Å². The Morgan fingerprint density at radius 1 is 1.69 bits per heavy atom. The summed E-state index contributed by atoms with van der Waals surface area (Å²) in [5, 5.41) is 15.6. The second kappa shape index (κ2) is 4.06. The first kappa shape index (κ1) is 8.96. The van der Waals surface area contributed by atoms with E-state index in [2.05, 4.69) is 20.8 Å². The first-order chi connectivity index (χ1) is 6.36. The van der Waals surface area contributed by atoms with Crippen molar-refractivity contribution in [1.82, 2.24) is 25.5 Å². The van der Waals surface area contributed by atoms with E-state index in [1.807, 2.05) is 7.05 Å². The number of aryl methyl sites for hydroxylation is 1. The van der Waals surface area contributed by atoms with Crippen LogP contribution in [0.1, 0.15) is 12.8 Å². The van der Waals surface area contributed by atoms with Gasteiger partial charge in [-0.15, -0.1) is 5.10 Å². The van der Waals surface area contributed by atoms with Crippen molar-refractivity contribution in [2.75, 3.05) is 12.3 Å². The molecule has 0 saturated carbocycles. The van der Waals surface area contributed by atoms with Crippen LogP contribution in [0.25, 0.3) is 0 Å². The van der Waals surface area contributed by atoms with Crippen molar-refractivity contribution in [3.05, 3.63) is 0 Å². The Kier molecular flexibility index (Phi) is 2.80. The standard InChI is InChI=1S/C7H13N5S/c1-12-7(9-10-11-12)13-5-6-3-2-4-8-6/h6,8H,2-5H2,1H3. The quantitative estimate of drug-likeness (QED) is 0.697. The summed E-state index contributed by atoms with van der Waals surface area (Å²) in [6, 6.07) is 0.640. The number of aromatic nitrogens is 4. The molecule has 1 N–H and O–H groups in total. The summed E-state index contributed by atoms with van der Waals surface area (Å²) in [7, 11) is 1.87. The maximum absolute atomic E-state index is 3.91. The molecule has 0 aromatic carbocycles. The summed E-state index contributed by atoms with van der Waals surface area (Å²) in [5.41, 5.74) is 0. The molecule has 1 unspecified atom stereocenters. The lowest BCUT2D eigenvalue weighted by Crippen LogP contribution is -2.23. The van der Waals surface area contributed by atoms with Crippen LogP contribution in [0.15, 0.2) is 5.16 Å². The topological polar surface area (TPSA) is 55.6 Å². The normalized spacial score (nSPS) is 22.4. The lowest BCUT2D eigenvalue weighted by molar-refractivity contribution is 0.654. The van der Waals surface area contributed by atoms with Crippen LogP contribution in [0.4, 0.5) is 0 Å². The molecular formula is C7H13N5S. The third kappa shape index (κ3) is 2.19. The van der Waals surface area contributed by atoms with Crippen LogP contribution in [0.5, 0.6) is 0 Å². The molecule has 72 valence electrons. The molecule has 0 amide bonds. The average molecular weight is 199 g/mol. The highest BCUT2D eigenvalue weighted by Crippen LogP contribution is 2.17. The molecule has 5 nitrogen and oxygen atoms in total. The highest BCUT2D eigenvalue weighted by molar-refractivity contribution is 7.99. The van der Waals surface area contributed by atoms with Gasteiger partial charge in [0.15, 0.2) is 0 Å². The van der Waals surface area contributed by atoms with Crippen molar-refractivity contribution in [3.8, 4) is 0 Å². The van der Waals surface area contributed by atoms with Gasteiger partial charge in [0.2, 0.25) is 5.16 Å². The van der Waals surface area contributed by atoms with Crippen molar-refractivity contribution in [1.29, 1.82) is 0 Å². The lowest BCUT2D eigenvalue weighted by atomic mass is 10.3. The van der Waals surface area contributed by atoms with Crippen molar-refractivity contribution in [2.24, 2.45) is 7.05 Å². The highest BCUT2D eigenvalue weighted by Gasteiger charge is 2.15. The van der Waals surface area contributed by atoms with Gasteiger partial charge in [0.25, 0.3) is 0 Å².